The smallest absolute Gasteiger partial charge is 0.215 e. The van der Waals surface area contributed by atoms with Crippen LogP contribution >= 0.6 is 0 Å². The number of aromatic nitrogens is 15. The fourth-order valence-corrected chi connectivity index (χ4v) is 18.0. The first kappa shape index (κ1) is 83.3. The number of rotatable bonds is 8. The Morgan fingerprint density at radius 1 is 0.285 bits per heavy atom. The monoisotopic (exact) mass is 1620 g/mol. The van der Waals surface area contributed by atoms with E-state index in [9.17, 15) is 0 Å². The second-order valence-corrected chi connectivity index (χ2v) is 36.7. The lowest BCUT2D eigenvalue weighted by molar-refractivity contribution is -0.660. The molecule has 5 aromatic carbocycles. The van der Waals surface area contributed by atoms with Crippen LogP contribution in [-0.4, -0.2) is 46.9 Å². The molecular formula is C108H116N15+5. The lowest BCUT2D eigenvalue weighted by atomic mass is 9.86. The van der Waals surface area contributed by atoms with Crippen LogP contribution in [0.2, 0.25) is 0 Å². The van der Waals surface area contributed by atoms with Gasteiger partial charge in [0.25, 0.3) is 0 Å². The summed E-state index contributed by atoms with van der Waals surface area (Å²) in [5.41, 5.74) is 46.1. The normalized spacial score (nSPS) is 11.8. The van der Waals surface area contributed by atoms with Gasteiger partial charge in [-0.05, 0) is 245 Å². The molecule has 20 rings (SSSR count). The van der Waals surface area contributed by atoms with Crippen molar-refractivity contribution in [3.05, 3.63) is 328 Å². The summed E-state index contributed by atoms with van der Waals surface area (Å²) in [5.74, 6) is 0.502. The van der Waals surface area contributed by atoms with E-state index in [1.54, 1.807) is 0 Å². The Kier molecular flexibility index (Phi) is 22.5. The van der Waals surface area contributed by atoms with Gasteiger partial charge in [0.2, 0.25) is 28.5 Å². The van der Waals surface area contributed by atoms with Gasteiger partial charge in [-0.15, -0.1) is 0 Å². The summed E-state index contributed by atoms with van der Waals surface area (Å²) < 4.78 is 22.1. The molecule has 0 bridgehead atoms. The van der Waals surface area contributed by atoms with Gasteiger partial charge in [-0.2, -0.15) is 0 Å². The first-order chi connectivity index (χ1) is 58.8. The van der Waals surface area contributed by atoms with Gasteiger partial charge in [0.05, 0.1) is 83.0 Å². The molecule has 0 fully saturated rings. The molecule has 0 aliphatic rings. The zero-order valence-corrected chi connectivity index (χ0v) is 75.9. The maximum absolute atomic E-state index is 4.83. The van der Waals surface area contributed by atoms with Crippen molar-refractivity contribution in [3.8, 4) is 56.3 Å². The summed E-state index contributed by atoms with van der Waals surface area (Å²) in [4.78, 5) is 23.9. The maximum Gasteiger partial charge on any atom is 0.215 e. The highest BCUT2D eigenvalue weighted by Gasteiger charge is 2.29. The summed E-state index contributed by atoms with van der Waals surface area (Å²) in [6.07, 6.45) is 23.6. The van der Waals surface area contributed by atoms with Crippen LogP contribution < -0.4 is 22.8 Å². The first-order valence-electron chi connectivity index (χ1n) is 43.0. The third-order valence-corrected chi connectivity index (χ3v) is 24.1. The molecule has 0 aliphatic heterocycles. The standard InChI is InChI=1S/C24H28N3.C23H26N3.C22H24N3.C20H20N3.C19H18N3/c1-16-10-11-19-23(27-12-8-7-9-21(27)25-19)22(16)20-13-18(14-24(3,4)5)17(2)15-26(20)6;1-16-9-10-18-22(26-12-7-6-8-20(26)24-18)21(16)19-14-17(11-13-25(19)5)15-23(2,3)4;1-14(2)17-12-19(24(5)13-16(17)4)21-15(3)9-10-18-22(21)25-11-7-6-8-20(25)23-18;1-13-8-9-16-20(23-10-6-5-7-18(23)21-16)19(13)17-11-14(2)15(3)12-22(17)4;1-13-9-11-21(3)16(12-13)18-14(2)7-8-15-19(18)22-10-5-4-6-17(22)20-15/h7-13,15H,14H2,1-6H3;6-14H,15H2,1-5H3;6-14H,1-5H3;5-12H,1-4H3;4-12H,1-3H3/q5*+1. The molecule has 0 N–H and O–H groups in total. The van der Waals surface area contributed by atoms with E-state index in [4.69, 9.17) is 24.9 Å². The number of benzene rings is 5. The Labute approximate surface area is 722 Å². The lowest BCUT2D eigenvalue weighted by Crippen LogP contribution is -2.32. The number of hydrogen-bond acceptors (Lipinski definition) is 5. The van der Waals surface area contributed by atoms with Crippen molar-refractivity contribution in [2.24, 2.45) is 46.1 Å². The van der Waals surface area contributed by atoms with Crippen LogP contribution in [0.25, 0.3) is 140 Å². The van der Waals surface area contributed by atoms with Crippen LogP contribution in [0.3, 0.4) is 0 Å². The van der Waals surface area contributed by atoms with Crippen molar-refractivity contribution in [2.45, 2.75) is 143 Å². The molecule has 0 saturated heterocycles. The van der Waals surface area contributed by atoms with E-state index in [0.29, 0.717) is 5.92 Å². The molecule has 0 saturated carbocycles. The van der Waals surface area contributed by atoms with Crippen molar-refractivity contribution in [1.82, 2.24) is 46.9 Å². The fraction of sp³-hybridized carbons (Fsp3) is 0.259. The van der Waals surface area contributed by atoms with E-state index in [1.807, 2.05) is 30.3 Å². The minimum Gasteiger partial charge on any atom is -0.299 e. The second-order valence-electron chi connectivity index (χ2n) is 36.7. The van der Waals surface area contributed by atoms with Crippen molar-refractivity contribution < 1.29 is 22.8 Å². The predicted octanol–water partition coefficient (Wildman–Crippen LogP) is 22.3. The van der Waals surface area contributed by atoms with Gasteiger partial charge < -0.3 is 0 Å². The molecule has 618 valence electrons. The molecule has 0 aliphatic carbocycles. The van der Waals surface area contributed by atoms with Crippen LogP contribution in [0.1, 0.15) is 134 Å². The quantitative estimate of drug-likeness (QED) is 0.141. The van der Waals surface area contributed by atoms with Crippen molar-refractivity contribution >= 4 is 83.4 Å². The summed E-state index contributed by atoms with van der Waals surface area (Å²) in [6.45, 7) is 40.1. The van der Waals surface area contributed by atoms with Gasteiger partial charge in [0, 0.05) is 90.1 Å². The SMILES string of the molecule is Cc1c[n+](C)c(-c2c(C)ccc3nc4ccccn4c23)cc1C(C)C.Cc1c[n+](C)c(-c2c(C)ccc3nc4ccccn4c23)cc1CC(C)(C)C.Cc1cc(-c2c(C)ccc3nc4ccccn4c23)[n+](C)cc1C.Cc1cc[n+](C)c(-c2c(C)ccc3nc4ccccn4c23)c1.Cc1ccc2nc3ccccn3c2c1-c1cc(CC(C)(C)C)cc[n+]1C. The van der Waals surface area contributed by atoms with E-state index < -0.39 is 0 Å². The minimum atomic E-state index is 0.256. The molecule has 15 aromatic heterocycles. The summed E-state index contributed by atoms with van der Waals surface area (Å²) in [5, 5.41) is 0. The number of pyridine rings is 10. The van der Waals surface area contributed by atoms with Crippen LogP contribution in [0, 0.1) is 80.1 Å². The van der Waals surface area contributed by atoms with Gasteiger partial charge in [-0.1, -0.05) is 116 Å². The lowest BCUT2D eigenvalue weighted by Gasteiger charge is -2.19. The molecule has 20 aromatic rings. The third-order valence-electron chi connectivity index (χ3n) is 24.1. The zero-order chi connectivity index (χ0) is 86.9. The molecule has 15 heterocycles. The van der Waals surface area contributed by atoms with Gasteiger partial charge in [-0.25, -0.2) is 47.8 Å². The van der Waals surface area contributed by atoms with Gasteiger partial charge in [0.1, 0.15) is 63.5 Å². The van der Waals surface area contributed by atoms with Crippen LogP contribution in [-0.2, 0) is 48.1 Å². The summed E-state index contributed by atoms with van der Waals surface area (Å²) in [6, 6.07) is 68.2. The minimum absolute atomic E-state index is 0.256. The third kappa shape index (κ3) is 16.4. The number of imidazole rings is 5. The first-order valence-corrected chi connectivity index (χ1v) is 43.0. The Hall–Kier alpha value is -13.4. The number of fused-ring (bicyclic) bond motifs is 15. The average molecular weight is 1620 g/mol. The molecule has 123 heavy (non-hydrogen) atoms. The topological polar surface area (TPSA) is 106 Å². The Bertz CT molecular complexity index is 7510. The van der Waals surface area contributed by atoms with E-state index in [-0.39, 0.29) is 10.8 Å². The molecule has 15 nitrogen and oxygen atoms in total. The second kappa shape index (κ2) is 33.2. The number of hydrogen-bond donors (Lipinski definition) is 0. The molecule has 0 unspecified atom stereocenters. The number of aryl methyl sites for hydroxylation is 15. The average Bonchev–Trinajstić information content (AvgIpc) is 1.64. The molecule has 0 spiro atoms. The predicted molar refractivity (Wildman–Crippen MR) is 504 cm³/mol. The van der Waals surface area contributed by atoms with Gasteiger partial charge in [-0.3, -0.25) is 22.0 Å². The van der Waals surface area contributed by atoms with E-state index in [1.165, 1.54) is 156 Å². The van der Waals surface area contributed by atoms with Crippen molar-refractivity contribution in [1.29, 1.82) is 0 Å². The fourth-order valence-electron chi connectivity index (χ4n) is 18.0. The molecular weight excluding hydrogens is 1510 g/mol. The van der Waals surface area contributed by atoms with Crippen LogP contribution in [0.5, 0.6) is 0 Å². The van der Waals surface area contributed by atoms with Crippen LogP contribution in [0.4, 0.5) is 0 Å². The number of nitrogens with zero attached hydrogens (tertiary/aromatic N) is 15. The maximum atomic E-state index is 4.83. The highest BCUT2D eigenvalue weighted by atomic mass is 15.1. The Morgan fingerprint density at radius 2 is 0.585 bits per heavy atom. The van der Waals surface area contributed by atoms with Crippen molar-refractivity contribution in [3.63, 3.8) is 0 Å². The molecule has 15 heteroatoms. The molecule has 0 atom stereocenters. The van der Waals surface area contributed by atoms with E-state index in [2.05, 4.69) is 430 Å². The summed E-state index contributed by atoms with van der Waals surface area (Å²) in [7, 11) is 10.6. The largest absolute Gasteiger partial charge is 0.299 e. The zero-order valence-electron chi connectivity index (χ0n) is 75.9. The Morgan fingerprint density at radius 3 is 0.927 bits per heavy atom. The summed E-state index contributed by atoms with van der Waals surface area (Å²) >= 11 is 0. The van der Waals surface area contributed by atoms with E-state index >= 15 is 0 Å². The Balaban J connectivity index is 0.000000114. The van der Waals surface area contributed by atoms with E-state index in [0.717, 1.165) is 68.7 Å². The van der Waals surface area contributed by atoms with Crippen molar-refractivity contribution in [2.75, 3.05) is 0 Å². The van der Waals surface area contributed by atoms with Gasteiger partial charge in [0.15, 0.2) is 31.0 Å². The highest BCUT2D eigenvalue weighted by molar-refractivity contribution is 5.99. The molecule has 0 amide bonds. The highest BCUT2D eigenvalue weighted by Crippen LogP contribution is 2.39. The van der Waals surface area contributed by atoms with Crippen LogP contribution in [0.15, 0.2) is 256 Å². The van der Waals surface area contributed by atoms with Gasteiger partial charge >= 0.3 is 0 Å². The molecule has 0 radical (unpaired) electrons.